The van der Waals surface area contributed by atoms with Gasteiger partial charge in [0.05, 0.1) is 5.03 Å². The van der Waals surface area contributed by atoms with Crippen LogP contribution in [0.25, 0.3) is 0 Å². The van der Waals surface area contributed by atoms with Crippen molar-refractivity contribution in [3.05, 3.63) is 53.2 Å². The van der Waals surface area contributed by atoms with Gasteiger partial charge in [0.15, 0.2) is 0 Å². The normalized spacial score (nSPS) is 16.9. The second-order valence-corrected chi connectivity index (χ2v) is 9.33. The number of pyridine rings is 1. The van der Waals surface area contributed by atoms with Gasteiger partial charge in [-0.25, -0.2) is 13.4 Å². The molecule has 0 spiro atoms. The summed E-state index contributed by atoms with van der Waals surface area (Å²) in [5.41, 5.74) is 1.11. The Kier molecular flexibility index (Phi) is 6.01. The summed E-state index contributed by atoms with van der Waals surface area (Å²) in [5.74, 6) is 0.734. The molecule has 0 radical (unpaired) electrons. The highest BCUT2D eigenvalue weighted by atomic mass is 35.5. The fraction of sp³-hybridized carbons (Fsp3) is 0.353. The molecule has 0 unspecified atom stereocenters. The molecule has 0 atom stereocenters. The number of nitrogens with zero attached hydrogens (tertiary/aromatic N) is 3. The highest BCUT2D eigenvalue weighted by molar-refractivity contribution is 7.98. The molecule has 0 N–H and O–H groups in total. The maximum atomic E-state index is 12.7. The number of hydrogen-bond acceptors (Lipinski definition) is 5. The van der Waals surface area contributed by atoms with Crippen molar-refractivity contribution >= 4 is 33.4 Å². The zero-order valence-corrected chi connectivity index (χ0v) is 16.3. The lowest BCUT2D eigenvalue weighted by Crippen LogP contribution is -2.47. The van der Waals surface area contributed by atoms with Crippen LogP contribution in [-0.2, 0) is 15.8 Å². The molecule has 0 bridgehead atoms. The molecular weight excluding hydrogens is 378 g/mol. The SMILES string of the molecule is CN1CCN(S(=O)(=O)c2ccc(SCc3cccc(Cl)c3)nc2)CC1. The number of hydrogen-bond donors (Lipinski definition) is 0. The number of piperazine rings is 1. The maximum absolute atomic E-state index is 12.7. The second kappa shape index (κ2) is 8.05. The van der Waals surface area contributed by atoms with Gasteiger partial charge in [0.2, 0.25) is 10.0 Å². The minimum absolute atomic E-state index is 0.254. The van der Waals surface area contributed by atoms with Gasteiger partial charge in [0.25, 0.3) is 0 Å². The Labute approximate surface area is 158 Å². The van der Waals surface area contributed by atoms with Gasteiger partial charge in [-0.2, -0.15) is 4.31 Å². The monoisotopic (exact) mass is 397 g/mol. The van der Waals surface area contributed by atoms with Crippen molar-refractivity contribution in [1.82, 2.24) is 14.2 Å². The van der Waals surface area contributed by atoms with Gasteiger partial charge in [0.1, 0.15) is 4.90 Å². The lowest BCUT2D eigenvalue weighted by Gasteiger charge is -2.31. The zero-order valence-electron chi connectivity index (χ0n) is 13.9. The van der Waals surface area contributed by atoms with Crippen LogP contribution in [0.5, 0.6) is 0 Å². The van der Waals surface area contributed by atoms with Crippen LogP contribution in [0.3, 0.4) is 0 Å². The van der Waals surface area contributed by atoms with E-state index in [1.54, 1.807) is 23.9 Å². The number of benzene rings is 1. The van der Waals surface area contributed by atoms with Crippen LogP contribution in [0.15, 0.2) is 52.5 Å². The van der Waals surface area contributed by atoms with Gasteiger partial charge in [0, 0.05) is 43.2 Å². The van der Waals surface area contributed by atoms with Gasteiger partial charge in [-0.05, 0) is 36.9 Å². The minimum atomic E-state index is -3.46. The number of aromatic nitrogens is 1. The topological polar surface area (TPSA) is 53.5 Å². The second-order valence-electron chi connectivity index (χ2n) is 5.96. The lowest BCUT2D eigenvalue weighted by atomic mass is 10.2. The van der Waals surface area contributed by atoms with E-state index >= 15 is 0 Å². The fourth-order valence-corrected chi connectivity index (χ4v) is 4.93. The summed E-state index contributed by atoms with van der Waals surface area (Å²) in [6, 6.07) is 11.1. The molecule has 8 heteroatoms. The van der Waals surface area contributed by atoms with Crippen molar-refractivity contribution in [2.75, 3.05) is 33.2 Å². The van der Waals surface area contributed by atoms with Crippen LogP contribution >= 0.6 is 23.4 Å². The molecule has 2 heterocycles. The Morgan fingerprint density at radius 1 is 1.16 bits per heavy atom. The van der Waals surface area contributed by atoms with Crippen LogP contribution < -0.4 is 0 Å². The van der Waals surface area contributed by atoms with E-state index in [-0.39, 0.29) is 4.90 Å². The Morgan fingerprint density at radius 3 is 2.56 bits per heavy atom. The van der Waals surface area contributed by atoms with E-state index in [9.17, 15) is 8.42 Å². The van der Waals surface area contributed by atoms with Crippen molar-refractivity contribution in [1.29, 1.82) is 0 Å². The molecule has 3 rings (SSSR count). The molecule has 1 aromatic heterocycles. The maximum Gasteiger partial charge on any atom is 0.244 e. The first-order valence-electron chi connectivity index (χ1n) is 7.97. The minimum Gasteiger partial charge on any atom is -0.304 e. The molecule has 1 fully saturated rings. The van der Waals surface area contributed by atoms with Crippen LogP contribution in [0, 0.1) is 0 Å². The van der Waals surface area contributed by atoms with Crippen LogP contribution in [0.1, 0.15) is 5.56 Å². The Balaban J connectivity index is 1.65. The zero-order chi connectivity index (χ0) is 17.9. The first-order chi connectivity index (χ1) is 11.9. The van der Waals surface area contributed by atoms with Crippen LogP contribution in [0.2, 0.25) is 5.02 Å². The van der Waals surface area contributed by atoms with Gasteiger partial charge >= 0.3 is 0 Å². The van der Waals surface area contributed by atoms with Crippen molar-refractivity contribution in [3.63, 3.8) is 0 Å². The Hall–Kier alpha value is -1.12. The molecule has 5 nitrogen and oxygen atoms in total. The van der Waals surface area contributed by atoms with E-state index in [0.29, 0.717) is 18.1 Å². The third-order valence-electron chi connectivity index (χ3n) is 4.08. The lowest BCUT2D eigenvalue weighted by molar-refractivity contribution is 0.222. The smallest absolute Gasteiger partial charge is 0.244 e. The number of rotatable bonds is 5. The molecule has 1 saturated heterocycles. The van der Waals surface area contributed by atoms with Crippen molar-refractivity contribution < 1.29 is 8.42 Å². The molecule has 1 aliphatic rings. The van der Waals surface area contributed by atoms with E-state index < -0.39 is 10.0 Å². The number of halogens is 1. The number of sulfonamides is 1. The number of likely N-dealkylation sites (N-methyl/N-ethyl adjacent to an activating group) is 1. The average Bonchev–Trinajstić information content (AvgIpc) is 2.61. The van der Waals surface area contributed by atoms with Gasteiger partial charge in [-0.3, -0.25) is 0 Å². The van der Waals surface area contributed by atoms with Crippen molar-refractivity contribution in [3.8, 4) is 0 Å². The largest absolute Gasteiger partial charge is 0.304 e. The summed E-state index contributed by atoms with van der Waals surface area (Å²) in [6.07, 6.45) is 1.45. The highest BCUT2D eigenvalue weighted by Gasteiger charge is 2.27. The van der Waals surface area contributed by atoms with Crippen molar-refractivity contribution in [2.24, 2.45) is 0 Å². The molecular formula is C17H20ClN3O2S2. The van der Waals surface area contributed by atoms with E-state index in [4.69, 9.17) is 11.6 Å². The third kappa shape index (κ3) is 4.74. The van der Waals surface area contributed by atoms with Gasteiger partial charge < -0.3 is 4.90 Å². The third-order valence-corrected chi connectivity index (χ3v) is 7.22. The van der Waals surface area contributed by atoms with E-state index in [2.05, 4.69) is 9.88 Å². The van der Waals surface area contributed by atoms with E-state index in [0.717, 1.165) is 29.4 Å². The van der Waals surface area contributed by atoms with E-state index in [1.165, 1.54) is 10.5 Å². The summed E-state index contributed by atoms with van der Waals surface area (Å²) in [6.45, 7) is 2.54. The van der Waals surface area contributed by atoms with Gasteiger partial charge in [-0.1, -0.05) is 23.7 Å². The first kappa shape index (κ1) is 18.7. The molecule has 0 saturated carbocycles. The predicted molar refractivity (Wildman–Crippen MR) is 102 cm³/mol. The fourth-order valence-electron chi connectivity index (χ4n) is 2.57. The van der Waals surface area contributed by atoms with Crippen LogP contribution in [0.4, 0.5) is 0 Å². The molecule has 2 aromatic rings. The Bertz CT molecular complexity index is 820. The molecule has 1 aromatic carbocycles. The quantitative estimate of drug-likeness (QED) is 0.726. The van der Waals surface area contributed by atoms with Crippen molar-refractivity contribution in [2.45, 2.75) is 15.7 Å². The summed E-state index contributed by atoms with van der Waals surface area (Å²) < 4.78 is 26.9. The number of thioether (sulfide) groups is 1. The molecule has 134 valence electrons. The Morgan fingerprint density at radius 2 is 1.92 bits per heavy atom. The average molecular weight is 398 g/mol. The summed E-state index contributed by atoms with van der Waals surface area (Å²) in [4.78, 5) is 6.68. The van der Waals surface area contributed by atoms with E-state index in [1.807, 2.05) is 31.3 Å². The first-order valence-corrected chi connectivity index (χ1v) is 10.8. The summed E-state index contributed by atoms with van der Waals surface area (Å²) in [5, 5.41) is 1.50. The molecule has 0 aliphatic carbocycles. The molecule has 25 heavy (non-hydrogen) atoms. The highest BCUT2D eigenvalue weighted by Crippen LogP contribution is 2.24. The summed E-state index contributed by atoms with van der Waals surface area (Å²) >= 11 is 7.53. The van der Waals surface area contributed by atoms with Crippen LogP contribution in [-0.4, -0.2) is 55.8 Å². The van der Waals surface area contributed by atoms with Gasteiger partial charge in [-0.15, -0.1) is 11.8 Å². The predicted octanol–water partition coefficient (Wildman–Crippen LogP) is 2.96. The summed E-state index contributed by atoms with van der Waals surface area (Å²) in [7, 11) is -1.46. The molecule has 1 aliphatic heterocycles. The molecule has 0 amide bonds. The standard InChI is InChI=1S/C17H20ClN3O2S2/c1-20-7-9-21(10-8-20)25(22,23)16-5-6-17(19-12-16)24-13-14-3-2-4-15(18)11-14/h2-6,11-12H,7-10,13H2,1H3.